The molecule has 1 fully saturated rings. The lowest BCUT2D eigenvalue weighted by Crippen LogP contribution is -1.98. The van der Waals surface area contributed by atoms with E-state index in [1.54, 1.807) is 0 Å². The standard InChI is InChI=1S/C23H26N2/c1-16-14-21(17(2)24-16)23-9-5-8-22(25-23)20-12-10-19(11-13-20)15-18-6-3-4-7-18/h5,8-14,18,24H,3-4,6-7,15H2,1-2H3. The van der Waals surface area contributed by atoms with E-state index in [1.165, 1.54) is 60.2 Å². The van der Waals surface area contributed by atoms with E-state index in [1.807, 2.05) is 0 Å². The zero-order valence-electron chi connectivity index (χ0n) is 15.2. The van der Waals surface area contributed by atoms with E-state index in [0.717, 1.165) is 17.3 Å². The van der Waals surface area contributed by atoms with Crippen LogP contribution in [0, 0.1) is 19.8 Å². The van der Waals surface area contributed by atoms with Gasteiger partial charge in [-0.05, 0) is 49.9 Å². The minimum absolute atomic E-state index is 0.895. The van der Waals surface area contributed by atoms with E-state index in [0.29, 0.717) is 0 Å². The summed E-state index contributed by atoms with van der Waals surface area (Å²) in [6.45, 7) is 4.19. The van der Waals surface area contributed by atoms with Crippen LogP contribution in [0.4, 0.5) is 0 Å². The third-order valence-corrected chi connectivity index (χ3v) is 5.42. The number of hydrogen-bond acceptors (Lipinski definition) is 1. The van der Waals surface area contributed by atoms with Crippen molar-refractivity contribution in [1.29, 1.82) is 0 Å². The van der Waals surface area contributed by atoms with E-state index in [4.69, 9.17) is 4.98 Å². The Balaban J connectivity index is 1.57. The van der Waals surface area contributed by atoms with Crippen molar-refractivity contribution in [2.24, 2.45) is 5.92 Å². The lowest BCUT2D eigenvalue weighted by molar-refractivity contribution is 0.546. The van der Waals surface area contributed by atoms with Crippen molar-refractivity contribution in [3.05, 3.63) is 65.5 Å². The molecular weight excluding hydrogens is 304 g/mol. The Bertz CT molecular complexity index is 852. The van der Waals surface area contributed by atoms with Gasteiger partial charge < -0.3 is 4.98 Å². The second-order valence-corrected chi connectivity index (χ2v) is 7.45. The fraction of sp³-hybridized carbons (Fsp3) is 0.348. The Morgan fingerprint density at radius 3 is 2.36 bits per heavy atom. The SMILES string of the molecule is Cc1cc(-c2cccc(-c3ccc(CC4CCCC4)cc3)n2)c(C)[nH]1. The Kier molecular flexibility index (Phi) is 4.44. The third kappa shape index (κ3) is 3.53. The van der Waals surface area contributed by atoms with Gasteiger partial charge in [0, 0.05) is 22.5 Å². The predicted molar refractivity (Wildman–Crippen MR) is 105 cm³/mol. The Labute approximate surface area is 150 Å². The van der Waals surface area contributed by atoms with Crippen molar-refractivity contribution >= 4 is 0 Å². The van der Waals surface area contributed by atoms with Crippen molar-refractivity contribution in [2.45, 2.75) is 46.0 Å². The summed E-state index contributed by atoms with van der Waals surface area (Å²) in [5.41, 5.74) is 8.28. The van der Waals surface area contributed by atoms with Gasteiger partial charge in [0.15, 0.2) is 0 Å². The number of aryl methyl sites for hydroxylation is 2. The first kappa shape index (κ1) is 16.1. The highest BCUT2D eigenvalue weighted by Gasteiger charge is 2.15. The van der Waals surface area contributed by atoms with E-state index in [-0.39, 0.29) is 0 Å². The van der Waals surface area contributed by atoms with Crippen LogP contribution in [-0.2, 0) is 6.42 Å². The summed E-state index contributed by atoms with van der Waals surface area (Å²) in [6, 6.07) is 17.5. The number of aromatic amines is 1. The molecule has 128 valence electrons. The summed E-state index contributed by atoms with van der Waals surface area (Å²) in [7, 11) is 0. The molecule has 4 rings (SSSR count). The monoisotopic (exact) mass is 330 g/mol. The Morgan fingerprint density at radius 2 is 1.68 bits per heavy atom. The van der Waals surface area contributed by atoms with Crippen LogP contribution in [0.25, 0.3) is 22.5 Å². The largest absolute Gasteiger partial charge is 0.362 e. The van der Waals surface area contributed by atoms with E-state index in [9.17, 15) is 0 Å². The molecule has 1 saturated carbocycles. The third-order valence-electron chi connectivity index (χ3n) is 5.42. The molecule has 2 aromatic heterocycles. The number of aromatic nitrogens is 2. The fourth-order valence-electron chi connectivity index (χ4n) is 4.09. The molecule has 0 unspecified atom stereocenters. The second-order valence-electron chi connectivity index (χ2n) is 7.45. The normalized spacial score (nSPS) is 15.0. The molecule has 0 radical (unpaired) electrons. The van der Waals surface area contributed by atoms with Gasteiger partial charge in [0.25, 0.3) is 0 Å². The van der Waals surface area contributed by atoms with Crippen LogP contribution in [0.3, 0.4) is 0 Å². The summed E-state index contributed by atoms with van der Waals surface area (Å²) in [6.07, 6.45) is 6.87. The zero-order chi connectivity index (χ0) is 17.2. The summed E-state index contributed by atoms with van der Waals surface area (Å²) in [4.78, 5) is 8.27. The molecule has 0 saturated heterocycles. The molecule has 1 aliphatic rings. The lowest BCUT2D eigenvalue weighted by Gasteiger charge is -2.10. The van der Waals surface area contributed by atoms with Crippen molar-refractivity contribution in [1.82, 2.24) is 9.97 Å². The van der Waals surface area contributed by atoms with Gasteiger partial charge in [-0.3, -0.25) is 0 Å². The van der Waals surface area contributed by atoms with Crippen molar-refractivity contribution in [3.8, 4) is 22.5 Å². The van der Waals surface area contributed by atoms with Gasteiger partial charge in [0.2, 0.25) is 0 Å². The average molecular weight is 330 g/mol. The molecule has 1 aliphatic carbocycles. The summed E-state index contributed by atoms with van der Waals surface area (Å²) in [5, 5.41) is 0. The first-order chi connectivity index (χ1) is 12.2. The highest BCUT2D eigenvalue weighted by Crippen LogP contribution is 2.29. The molecule has 0 bridgehead atoms. The Morgan fingerprint density at radius 1 is 0.960 bits per heavy atom. The molecule has 25 heavy (non-hydrogen) atoms. The molecule has 3 aromatic rings. The first-order valence-electron chi connectivity index (χ1n) is 9.42. The number of hydrogen-bond donors (Lipinski definition) is 1. The van der Waals surface area contributed by atoms with Crippen LogP contribution >= 0.6 is 0 Å². The summed E-state index contributed by atoms with van der Waals surface area (Å²) < 4.78 is 0. The van der Waals surface area contributed by atoms with Crippen molar-refractivity contribution < 1.29 is 0 Å². The van der Waals surface area contributed by atoms with Crippen LogP contribution in [0.15, 0.2) is 48.5 Å². The molecule has 0 spiro atoms. The summed E-state index contributed by atoms with van der Waals surface area (Å²) in [5.74, 6) is 0.895. The molecule has 2 heterocycles. The fourth-order valence-corrected chi connectivity index (χ4v) is 4.09. The Hall–Kier alpha value is -2.35. The van der Waals surface area contributed by atoms with E-state index < -0.39 is 0 Å². The average Bonchev–Trinajstić information content (AvgIpc) is 3.25. The number of benzene rings is 1. The molecule has 1 aromatic carbocycles. The zero-order valence-corrected chi connectivity index (χ0v) is 15.2. The predicted octanol–water partition coefficient (Wildman–Crippen LogP) is 6.09. The number of nitrogens with one attached hydrogen (secondary N) is 1. The second kappa shape index (κ2) is 6.87. The minimum atomic E-state index is 0.895. The molecule has 0 atom stereocenters. The summed E-state index contributed by atoms with van der Waals surface area (Å²) >= 11 is 0. The van der Waals surface area contributed by atoms with Gasteiger partial charge in [0.1, 0.15) is 0 Å². The quantitative estimate of drug-likeness (QED) is 0.616. The highest BCUT2D eigenvalue weighted by molar-refractivity contribution is 5.68. The van der Waals surface area contributed by atoms with Gasteiger partial charge in [-0.1, -0.05) is 56.0 Å². The van der Waals surface area contributed by atoms with Crippen LogP contribution < -0.4 is 0 Å². The van der Waals surface area contributed by atoms with Crippen LogP contribution in [0.1, 0.15) is 42.6 Å². The number of nitrogens with zero attached hydrogens (tertiary/aromatic N) is 1. The van der Waals surface area contributed by atoms with Crippen LogP contribution in [-0.4, -0.2) is 9.97 Å². The maximum Gasteiger partial charge on any atom is 0.0727 e. The van der Waals surface area contributed by atoms with Crippen molar-refractivity contribution in [3.63, 3.8) is 0 Å². The van der Waals surface area contributed by atoms with Crippen LogP contribution in [0.2, 0.25) is 0 Å². The van der Waals surface area contributed by atoms with Crippen molar-refractivity contribution in [2.75, 3.05) is 0 Å². The van der Waals surface area contributed by atoms with E-state index >= 15 is 0 Å². The van der Waals surface area contributed by atoms with Gasteiger partial charge in [-0.2, -0.15) is 0 Å². The minimum Gasteiger partial charge on any atom is -0.362 e. The highest BCUT2D eigenvalue weighted by atomic mass is 14.8. The smallest absolute Gasteiger partial charge is 0.0727 e. The number of pyridine rings is 1. The molecule has 0 amide bonds. The lowest BCUT2D eigenvalue weighted by atomic mass is 9.97. The topological polar surface area (TPSA) is 28.7 Å². The van der Waals surface area contributed by atoms with Crippen LogP contribution in [0.5, 0.6) is 0 Å². The molecule has 2 nitrogen and oxygen atoms in total. The van der Waals surface area contributed by atoms with Gasteiger partial charge >= 0.3 is 0 Å². The molecule has 0 aliphatic heterocycles. The van der Waals surface area contributed by atoms with Gasteiger partial charge in [-0.15, -0.1) is 0 Å². The number of rotatable bonds is 4. The molecule has 1 N–H and O–H groups in total. The molecule has 2 heteroatoms. The number of H-pyrrole nitrogens is 1. The van der Waals surface area contributed by atoms with Gasteiger partial charge in [0.05, 0.1) is 11.4 Å². The molecular formula is C23H26N2. The maximum atomic E-state index is 4.90. The van der Waals surface area contributed by atoms with E-state index in [2.05, 4.69) is 67.4 Å². The maximum absolute atomic E-state index is 4.90. The van der Waals surface area contributed by atoms with Gasteiger partial charge in [-0.25, -0.2) is 4.98 Å². The first-order valence-corrected chi connectivity index (χ1v) is 9.42.